The zero-order valence-corrected chi connectivity index (χ0v) is 6.69. The third kappa shape index (κ3) is 1.37. The zero-order valence-electron chi connectivity index (χ0n) is 5.87. The maximum atomic E-state index is 9.28. The van der Waals surface area contributed by atoms with E-state index in [0.717, 1.165) is 10.4 Å². The molecule has 1 aromatic rings. The Hall–Kier alpha value is -0.380. The maximum absolute atomic E-state index is 9.28. The van der Waals surface area contributed by atoms with Gasteiger partial charge in [0.25, 0.3) is 0 Å². The van der Waals surface area contributed by atoms with E-state index in [1.165, 1.54) is 0 Å². The Balaban J connectivity index is 2.82. The number of aliphatic hydroxyl groups excluding tert-OH is 1. The largest absolute Gasteiger partial charge is 0.386 e. The van der Waals surface area contributed by atoms with Crippen molar-refractivity contribution in [2.24, 2.45) is 5.73 Å². The van der Waals surface area contributed by atoms with Gasteiger partial charge in [-0.05, 0) is 23.9 Å². The van der Waals surface area contributed by atoms with Gasteiger partial charge in [0.2, 0.25) is 0 Å². The molecule has 10 heavy (non-hydrogen) atoms. The quantitative estimate of drug-likeness (QED) is 0.674. The molecule has 0 saturated carbocycles. The first-order valence-corrected chi connectivity index (χ1v) is 4.05. The molecule has 0 spiro atoms. The molecule has 0 radical (unpaired) electrons. The summed E-state index contributed by atoms with van der Waals surface area (Å²) in [6, 6.07) is 1.98. The first-order valence-electron chi connectivity index (χ1n) is 3.18. The van der Waals surface area contributed by atoms with E-state index in [-0.39, 0.29) is 0 Å². The lowest BCUT2D eigenvalue weighted by molar-refractivity contribution is 0.190. The van der Waals surface area contributed by atoms with Gasteiger partial charge in [-0.25, -0.2) is 0 Å². The van der Waals surface area contributed by atoms with E-state index >= 15 is 0 Å². The summed E-state index contributed by atoms with van der Waals surface area (Å²) in [5, 5.41) is 11.2. The average Bonchev–Trinajstić information content (AvgIpc) is 2.34. The fourth-order valence-corrected chi connectivity index (χ4v) is 1.76. The first kappa shape index (κ1) is 7.72. The smallest absolute Gasteiger partial charge is 0.101 e. The number of aliphatic hydroxyl groups is 1. The van der Waals surface area contributed by atoms with Crippen LogP contribution in [0.5, 0.6) is 0 Å². The molecule has 1 heterocycles. The minimum atomic E-state index is -0.472. The van der Waals surface area contributed by atoms with Gasteiger partial charge in [-0.2, -0.15) is 0 Å². The molecular formula is C7H11NOS. The van der Waals surface area contributed by atoms with Gasteiger partial charge in [-0.3, -0.25) is 0 Å². The monoisotopic (exact) mass is 157 g/mol. The molecule has 0 saturated heterocycles. The SMILES string of the molecule is Cc1ccsc1[C@@H](O)CN. The molecule has 56 valence electrons. The van der Waals surface area contributed by atoms with Crippen molar-refractivity contribution in [2.75, 3.05) is 6.54 Å². The minimum absolute atomic E-state index is 0.307. The molecule has 3 N–H and O–H groups in total. The summed E-state index contributed by atoms with van der Waals surface area (Å²) in [6.45, 7) is 2.28. The molecule has 0 aliphatic heterocycles. The van der Waals surface area contributed by atoms with E-state index in [1.54, 1.807) is 11.3 Å². The Morgan fingerprint density at radius 1 is 1.80 bits per heavy atom. The van der Waals surface area contributed by atoms with Crippen LogP contribution in [0.4, 0.5) is 0 Å². The highest BCUT2D eigenvalue weighted by Crippen LogP contribution is 2.22. The van der Waals surface area contributed by atoms with Crippen LogP contribution in [0.1, 0.15) is 16.5 Å². The van der Waals surface area contributed by atoms with Crippen LogP contribution in [0.15, 0.2) is 11.4 Å². The normalized spacial score (nSPS) is 13.5. The van der Waals surface area contributed by atoms with Gasteiger partial charge < -0.3 is 10.8 Å². The minimum Gasteiger partial charge on any atom is -0.386 e. The van der Waals surface area contributed by atoms with Crippen molar-refractivity contribution in [3.05, 3.63) is 21.9 Å². The lowest BCUT2D eigenvalue weighted by Crippen LogP contribution is -2.10. The van der Waals surface area contributed by atoms with Crippen molar-refractivity contribution in [1.82, 2.24) is 0 Å². The fraction of sp³-hybridized carbons (Fsp3) is 0.429. The molecular weight excluding hydrogens is 146 g/mol. The number of rotatable bonds is 2. The van der Waals surface area contributed by atoms with Crippen LogP contribution in [0.25, 0.3) is 0 Å². The molecule has 0 amide bonds. The third-order valence-electron chi connectivity index (χ3n) is 1.43. The van der Waals surface area contributed by atoms with Crippen LogP contribution in [0.2, 0.25) is 0 Å². The van der Waals surface area contributed by atoms with Gasteiger partial charge in [0.05, 0.1) is 0 Å². The molecule has 0 aliphatic carbocycles. The molecule has 3 heteroatoms. The van der Waals surface area contributed by atoms with Crippen LogP contribution in [-0.4, -0.2) is 11.7 Å². The number of aryl methyl sites for hydroxylation is 1. The van der Waals surface area contributed by atoms with E-state index in [0.29, 0.717) is 6.54 Å². The van der Waals surface area contributed by atoms with Crippen LogP contribution >= 0.6 is 11.3 Å². The molecule has 1 atom stereocenters. The number of hydrogen-bond donors (Lipinski definition) is 2. The Bertz CT molecular complexity index is 209. The van der Waals surface area contributed by atoms with E-state index in [9.17, 15) is 5.11 Å². The molecule has 0 unspecified atom stereocenters. The average molecular weight is 157 g/mol. The summed E-state index contributed by atoms with van der Waals surface area (Å²) in [7, 11) is 0. The lowest BCUT2D eigenvalue weighted by atomic mass is 10.2. The van der Waals surface area contributed by atoms with Crippen molar-refractivity contribution in [3.63, 3.8) is 0 Å². The topological polar surface area (TPSA) is 46.2 Å². The molecule has 2 nitrogen and oxygen atoms in total. The number of nitrogens with two attached hydrogens (primary N) is 1. The highest BCUT2D eigenvalue weighted by molar-refractivity contribution is 7.10. The van der Waals surface area contributed by atoms with Crippen LogP contribution in [-0.2, 0) is 0 Å². The van der Waals surface area contributed by atoms with Gasteiger partial charge in [0, 0.05) is 11.4 Å². The molecule has 0 fully saturated rings. The predicted octanol–water partition coefficient (Wildman–Crippen LogP) is 1.05. The van der Waals surface area contributed by atoms with Crippen molar-refractivity contribution in [2.45, 2.75) is 13.0 Å². The van der Waals surface area contributed by atoms with E-state index < -0.39 is 6.10 Å². The van der Waals surface area contributed by atoms with Crippen molar-refractivity contribution < 1.29 is 5.11 Å². The van der Waals surface area contributed by atoms with E-state index in [2.05, 4.69) is 0 Å². The van der Waals surface area contributed by atoms with Crippen LogP contribution in [0, 0.1) is 6.92 Å². The van der Waals surface area contributed by atoms with Gasteiger partial charge in [0.15, 0.2) is 0 Å². The summed E-state index contributed by atoms with van der Waals surface area (Å²) in [5.41, 5.74) is 6.42. The van der Waals surface area contributed by atoms with Crippen LogP contribution in [0.3, 0.4) is 0 Å². The number of thiophene rings is 1. The Kier molecular flexibility index (Phi) is 2.43. The van der Waals surface area contributed by atoms with E-state index in [4.69, 9.17) is 5.73 Å². The summed E-state index contributed by atoms with van der Waals surface area (Å²) in [4.78, 5) is 0.988. The highest BCUT2D eigenvalue weighted by atomic mass is 32.1. The Labute approximate surface area is 64.3 Å². The Morgan fingerprint density at radius 2 is 2.50 bits per heavy atom. The molecule has 1 rings (SSSR count). The predicted molar refractivity (Wildman–Crippen MR) is 43.1 cm³/mol. The molecule has 0 aliphatic rings. The van der Waals surface area contributed by atoms with Crippen molar-refractivity contribution in [3.8, 4) is 0 Å². The molecule has 0 bridgehead atoms. The summed E-state index contributed by atoms with van der Waals surface area (Å²) >= 11 is 1.55. The Morgan fingerprint density at radius 3 is 2.90 bits per heavy atom. The van der Waals surface area contributed by atoms with Gasteiger partial charge in [-0.1, -0.05) is 0 Å². The van der Waals surface area contributed by atoms with Gasteiger partial charge >= 0.3 is 0 Å². The van der Waals surface area contributed by atoms with Gasteiger partial charge in [0.1, 0.15) is 6.10 Å². The summed E-state index contributed by atoms with van der Waals surface area (Å²) < 4.78 is 0. The first-order chi connectivity index (χ1) is 4.75. The lowest BCUT2D eigenvalue weighted by Gasteiger charge is -2.04. The van der Waals surface area contributed by atoms with Crippen molar-refractivity contribution in [1.29, 1.82) is 0 Å². The highest BCUT2D eigenvalue weighted by Gasteiger charge is 2.08. The maximum Gasteiger partial charge on any atom is 0.101 e. The van der Waals surface area contributed by atoms with Gasteiger partial charge in [-0.15, -0.1) is 11.3 Å². The second-order valence-corrected chi connectivity index (χ2v) is 3.17. The molecule has 0 aromatic carbocycles. The third-order valence-corrected chi connectivity index (χ3v) is 2.55. The van der Waals surface area contributed by atoms with Crippen molar-refractivity contribution >= 4 is 11.3 Å². The standard InChI is InChI=1S/C7H11NOS/c1-5-2-3-10-7(5)6(9)4-8/h2-3,6,9H,4,8H2,1H3/t6-/m0/s1. The summed E-state index contributed by atoms with van der Waals surface area (Å²) in [6.07, 6.45) is -0.472. The summed E-state index contributed by atoms with van der Waals surface area (Å²) in [5.74, 6) is 0. The fourth-order valence-electron chi connectivity index (χ4n) is 0.833. The second kappa shape index (κ2) is 3.14. The van der Waals surface area contributed by atoms with E-state index in [1.807, 2.05) is 18.4 Å². The number of hydrogen-bond acceptors (Lipinski definition) is 3. The second-order valence-electron chi connectivity index (χ2n) is 2.22. The zero-order chi connectivity index (χ0) is 7.56. The molecule has 1 aromatic heterocycles. The van der Waals surface area contributed by atoms with Crippen LogP contribution < -0.4 is 5.73 Å².